The quantitative estimate of drug-likeness (QED) is 0.104. The maximum Gasteiger partial charge on any atom is 0.295 e. The molecule has 0 saturated heterocycles. The van der Waals surface area contributed by atoms with Gasteiger partial charge in [0.25, 0.3) is 17.4 Å². The molecule has 1 unspecified atom stereocenters. The van der Waals surface area contributed by atoms with Crippen LogP contribution in [0.4, 0.5) is 11.4 Å². The minimum Gasteiger partial charge on any atom is -0.497 e. The first-order valence-electron chi connectivity index (χ1n) is 15.6. The Labute approximate surface area is 288 Å². The lowest BCUT2D eigenvalue weighted by atomic mass is 10.1. The predicted molar refractivity (Wildman–Crippen MR) is 194 cm³/mol. The number of hydrogen-bond acceptors (Lipinski definition) is 6. The number of hydrogen-bond donors (Lipinski definition) is 3. The Balaban J connectivity index is 1.32. The molecule has 3 amide bonds. The number of rotatable bonds is 12. The second kappa shape index (κ2) is 15.9. The van der Waals surface area contributed by atoms with E-state index in [9.17, 15) is 19.2 Å². The summed E-state index contributed by atoms with van der Waals surface area (Å²) < 4.78 is 8.47. The van der Waals surface area contributed by atoms with Gasteiger partial charge in [0.2, 0.25) is 5.91 Å². The van der Waals surface area contributed by atoms with E-state index in [0.717, 1.165) is 4.90 Å². The maximum atomic E-state index is 13.6. The standard InChI is InChI=1S/C38H37N5O5S/c1-5-33(37(46)41-34-25(2)42(3)43(38(34)47)29-16-10-7-11-17-29)49-31-18-12-15-28(24-31)39-36(45)32(23-26-19-21-30(48-4)22-20-26)40-35(44)27-13-8-6-9-14-27/h6-24,33H,5H2,1-4H3,(H,39,45)(H,40,44)(H,41,46)/b32-23+. The van der Waals surface area contributed by atoms with E-state index in [2.05, 4.69) is 16.0 Å². The first kappa shape index (κ1) is 34.5. The van der Waals surface area contributed by atoms with Crippen LogP contribution in [0.3, 0.4) is 0 Å². The smallest absolute Gasteiger partial charge is 0.295 e. The highest BCUT2D eigenvalue weighted by molar-refractivity contribution is 8.00. The normalized spacial score (nSPS) is 11.8. The lowest BCUT2D eigenvalue weighted by molar-refractivity contribution is -0.116. The second-order valence-corrected chi connectivity index (χ2v) is 12.3. The van der Waals surface area contributed by atoms with Gasteiger partial charge in [0.15, 0.2) is 0 Å². The van der Waals surface area contributed by atoms with Gasteiger partial charge in [-0.3, -0.25) is 23.9 Å². The van der Waals surface area contributed by atoms with Gasteiger partial charge in [-0.2, -0.15) is 0 Å². The molecule has 250 valence electrons. The Bertz CT molecular complexity index is 2040. The first-order valence-corrected chi connectivity index (χ1v) is 16.5. The van der Waals surface area contributed by atoms with Gasteiger partial charge >= 0.3 is 0 Å². The van der Waals surface area contributed by atoms with Gasteiger partial charge in [0.1, 0.15) is 17.1 Å². The Morgan fingerprint density at radius 3 is 2.20 bits per heavy atom. The number of nitrogens with zero attached hydrogens (tertiary/aromatic N) is 2. The van der Waals surface area contributed by atoms with Crippen LogP contribution < -0.4 is 26.2 Å². The number of aromatic nitrogens is 2. The molecule has 10 nitrogen and oxygen atoms in total. The van der Waals surface area contributed by atoms with Gasteiger partial charge in [-0.15, -0.1) is 11.8 Å². The number of anilines is 2. The number of carbonyl (C=O) groups is 3. The summed E-state index contributed by atoms with van der Waals surface area (Å²) in [6, 6.07) is 32.1. The Morgan fingerprint density at radius 1 is 0.878 bits per heavy atom. The summed E-state index contributed by atoms with van der Waals surface area (Å²) >= 11 is 1.32. The molecule has 0 aliphatic heterocycles. The molecule has 0 aliphatic rings. The summed E-state index contributed by atoms with van der Waals surface area (Å²) in [7, 11) is 3.34. The molecule has 4 aromatic carbocycles. The monoisotopic (exact) mass is 675 g/mol. The molecule has 0 saturated carbocycles. The van der Waals surface area contributed by atoms with Crippen LogP contribution in [0.15, 0.2) is 125 Å². The summed E-state index contributed by atoms with van der Waals surface area (Å²) in [6.45, 7) is 3.69. The number of amides is 3. The topological polar surface area (TPSA) is 123 Å². The van der Waals surface area contributed by atoms with Crippen molar-refractivity contribution in [3.05, 3.63) is 142 Å². The molecule has 5 rings (SSSR count). The average molecular weight is 676 g/mol. The molecule has 0 radical (unpaired) electrons. The van der Waals surface area contributed by atoms with Gasteiger partial charge in [0, 0.05) is 23.2 Å². The highest BCUT2D eigenvalue weighted by Gasteiger charge is 2.24. The first-order chi connectivity index (χ1) is 23.7. The molecule has 3 N–H and O–H groups in total. The second-order valence-electron chi connectivity index (χ2n) is 11.1. The molecule has 1 atom stereocenters. The molecule has 11 heteroatoms. The van der Waals surface area contributed by atoms with Crippen LogP contribution in [0.1, 0.15) is 35.0 Å². The third-order valence-corrected chi connectivity index (χ3v) is 9.15. The summed E-state index contributed by atoms with van der Waals surface area (Å²) in [5, 5.41) is 7.96. The van der Waals surface area contributed by atoms with E-state index >= 15 is 0 Å². The minimum absolute atomic E-state index is 0.0438. The number of methoxy groups -OCH3 is 1. The van der Waals surface area contributed by atoms with Crippen LogP contribution >= 0.6 is 11.8 Å². The van der Waals surface area contributed by atoms with Gasteiger partial charge < -0.3 is 20.7 Å². The van der Waals surface area contributed by atoms with E-state index in [0.29, 0.717) is 40.4 Å². The average Bonchev–Trinajstić information content (AvgIpc) is 3.33. The van der Waals surface area contributed by atoms with Crippen molar-refractivity contribution in [2.75, 3.05) is 17.7 Å². The van der Waals surface area contributed by atoms with Gasteiger partial charge in [-0.05, 0) is 79.6 Å². The predicted octanol–water partition coefficient (Wildman–Crippen LogP) is 6.41. The molecular weight excluding hydrogens is 639 g/mol. The SMILES string of the molecule is CCC(Sc1cccc(NC(=O)/C(=C\c2ccc(OC)cc2)NC(=O)c2ccccc2)c1)C(=O)Nc1c(C)n(C)n(-c2ccccc2)c1=O. The summed E-state index contributed by atoms with van der Waals surface area (Å²) in [5.74, 6) is -0.601. The van der Waals surface area contributed by atoms with Crippen LogP contribution in [0.2, 0.25) is 0 Å². The molecule has 1 aromatic heterocycles. The maximum absolute atomic E-state index is 13.6. The largest absolute Gasteiger partial charge is 0.497 e. The lowest BCUT2D eigenvalue weighted by Crippen LogP contribution is -2.30. The summed E-state index contributed by atoms with van der Waals surface area (Å²) in [4.78, 5) is 54.2. The van der Waals surface area contributed by atoms with E-state index in [-0.39, 0.29) is 22.9 Å². The number of ether oxygens (including phenoxy) is 1. The zero-order chi connectivity index (χ0) is 34.9. The zero-order valence-corrected chi connectivity index (χ0v) is 28.4. The molecule has 1 heterocycles. The fraction of sp³-hybridized carbons (Fsp3) is 0.158. The van der Waals surface area contributed by atoms with Crippen molar-refractivity contribution in [2.45, 2.75) is 30.4 Å². The molecule has 49 heavy (non-hydrogen) atoms. The van der Waals surface area contributed by atoms with Gasteiger partial charge in [-0.25, -0.2) is 4.68 Å². The van der Waals surface area contributed by atoms with Crippen molar-refractivity contribution in [1.29, 1.82) is 0 Å². The van der Waals surface area contributed by atoms with Gasteiger partial charge in [-0.1, -0.05) is 61.5 Å². The van der Waals surface area contributed by atoms with E-state index < -0.39 is 17.1 Å². The minimum atomic E-state index is -0.527. The molecule has 0 fully saturated rings. The Hall–Kier alpha value is -5.81. The van der Waals surface area contributed by atoms with Crippen LogP contribution in [-0.2, 0) is 16.6 Å². The number of nitrogens with one attached hydrogen (secondary N) is 3. The Morgan fingerprint density at radius 2 is 1.55 bits per heavy atom. The number of thioether (sulfide) groups is 1. The van der Waals surface area contributed by atoms with E-state index in [4.69, 9.17) is 4.74 Å². The van der Waals surface area contributed by atoms with Crippen molar-refractivity contribution < 1.29 is 19.1 Å². The van der Waals surface area contributed by atoms with E-state index in [1.54, 1.807) is 105 Å². The molecule has 0 bridgehead atoms. The Kier molecular flexibility index (Phi) is 11.2. The van der Waals surface area contributed by atoms with Crippen LogP contribution in [0, 0.1) is 6.92 Å². The third kappa shape index (κ3) is 8.38. The molecular formula is C38H37N5O5S. The zero-order valence-electron chi connectivity index (χ0n) is 27.6. The highest BCUT2D eigenvalue weighted by Crippen LogP contribution is 2.29. The number of benzene rings is 4. The molecule has 0 aliphatic carbocycles. The molecule has 0 spiro atoms. The number of carbonyl (C=O) groups excluding carboxylic acids is 3. The third-order valence-electron chi connectivity index (χ3n) is 7.79. The van der Waals surface area contributed by atoms with Crippen molar-refractivity contribution >= 4 is 46.9 Å². The fourth-order valence-electron chi connectivity index (χ4n) is 5.06. The molecule has 5 aromatic rings. The summed E-state index contributed by atoms with van der Waals surface area (Å²) in [5.41, 5.74) is 2.84. The van der Waals surface area contributed by atoms with E-state index in [1.807, 2.05) is 43.3 Å². The van der Waals surface area contributed by atoms with Crippen molar-refractivity contribution in [3.63, 3.8) is 0 Å². The van der Waals surface area contributed by atoms with Crippen LogP contribution in [-0.4, -0.2) is 39.4 Å². The highest BCUT2D eigenvalue weighted by atomic mass is 32.2. The van der Waals surface area contributed by atoms with E-state index in [1.165, 1.54) is 16.4 Å². The fourth-order valence-corrected chi connectivity index (χ4v) is 6.07. The van der Waals surface area contributed by atoms with Crippen molar-refractivity contribution in [2.24, 2.45) is 7.05 Å². The van der Waals surface area contributed by atoms with Crippen molar-refractivity contribution in [3.8, 4) is 11.4 Å². The number of para-hydroxylation sites is 1. The van der Waals surface area contributed by atoms with Crippen LogP contribution in [0.25, 0.3) is 11.8 Å². The van der Waals surface area contributed by atoms with Gasteiger partial charge in [0.05, 0.1) is 23.7 Å². The van der Waals surface area contributed by atoms with Crippen LogP contribution in [0.5, 0.6) is 5.75 Å². The summed E-state index contributed by atoms with van der Waals surface area (Å²) in [6.07, 6.45) is 2.08. The lowest BCUT2D eigenvalue weighted by Gasteiger charge is -2.15. The van der Waals surface area contributed by atoms with Crippen molar-refractivity contribution in [1.82, 2.24) is 14.7 Å².